The van der Waals surface area contributed by atoms with Crippen molar-refractivity contribution < 1.29 is 9.52 Å². The van der Waals surface area contributed by atoms with Gasteiger partial charge in [-0.1, -0.05) is 0 Å². The molecule has 4 heteroatoms. The summed E-state index contributed by atoms with van der Waals surface area (Å²) in [4.78, 5) is 4.64. The summed E-state index contributed by atoms with van der Waals surface area (Å²) in [6.07, 6.45) is 2.84. The van der Waals surface area contributed by atoms with Gasteiger partial charge in [0.25, 0.3) is 0 Å². The average molecular weight is 238 g/mol. The fourth-order valence-corrected chi connectivity index (χ4v) is 2.37. The van der Waals surface area contributed by atoms with E-state index in [1.165, 1.54) is 0 Å². The van der Waals surface area contributed by atoms with Crippen molar-refractivity contribution in [1.82, 2.24) is 9.80 Å². The maximum atomic E-state index is 9.52. The summed E-state index contributed by atoms with van der Waals surface area (Å²) in [5, 5.41) is 9.52. The van der Waals surface area contributed by atoms with Gasteiger partial charge in [-0.05, 0) is 32.5 Å². The van der Waals surface area contributed by atoms with Crippen molar-refractivity contribution in [3.63, 3.8) is 0 Å². The second-order valence-electron chi connectivity index (χ2n) is 4.96. The Morgan fingerprint density at radius 3 is 3.00 bits per heavy atom. The van der Waals surface area contributed by atoms with E-state index in [4.69, 9.17) is 4.42 Å². The molecule has 0 aromatic carbocycles. The van der Waals surface area contributed by atoms with E-state index < -0.39 is 0 Å². The van der Waals surface area contributed by atoms with Crippen molar-refractivity contribution in [2.45, 2.75) is 32.0 Å². The summed E-state index contributed by atoms with van der Waals surface area (Å²) in [6.45, 7) is 5.16. The van der Waals surface area contributed by atoms with Gasteiger partial charge in [-0.3, -0.25) is 4.90 Å². The van der Waals surface area contributed by atoms with Crippen molar-refractivity contribution in [3.8, 4) is 0 Å². The van der Waals surface area contributed by atoms with Crippen LogP contribution in [-0.2, 0) is 6.54 Å². The van der Waals surface area contributed by atoms with E-state index in [1.807, 2.05) is 12.1 Å². The van der Waals surface area contributed by atoms with Crippen molar-refractivity contribution in [2.24, 2.45) is 0 Å². The van der Waals surface area contributed by atoms with Crippen LogP contribution >= 0.6 is 0 Å². The summed E-state index contributed by atoms with van der Waals surface area (Å²) in [7, 11) is 2.13. The minimum absolute atomic E-state index is 0.204. The minimum Gasteiger partial charge on any atom is -0.468 e. The monoisotopic (exact) mass is 238 g/mol. The summed E-state index contributed by atoms with van der Waals surface area (Å²) < 4.78 is 5.39. The molecular formula is C13H22N2O2. The van der Waals surface area contributed by atoms with E-state index in [0.717, 1.165) is 31.8 Å². The van der Waals surface area contributed by atoms with Crippen molar-refractivity contribution in [2.75, 3.05) is 26.7 Å². The zero-order valence-corrected chi connectivity index (χ0v) is 10.7. The zero-order chi connectivity index (χ0) is 12.3. The smallest absolute Gasteiger partial charge is 0.117 e. The molecule has 96 valence electrons. The van der Waals surface area contributed by atoms with Crippen LogP contribution in [0.25, 0.3) is 0 Å². The molecule has 1 aromatic heterocycles. The van der Waals surface area contributed by atoms with Crippen LogP contribution in [0, 0.1) is 0 Å². The molecule has 1 saturated heterocycles. The van der Waals surface area contributed by atoms with Crippen LogP contribution in [0.1, 0.15) is 19.1 Å². The first kappa shape index (κ1) is 12.6. The van der Waals surface area contributed by atoms with Gasteiger partial charge < -0.3 is 14.4 Å². The van der Waals surface area contributed by atoms with Crippen LogP contribution in [0.2, 0.25) is 0 Å². The SMILES string of the molecule is CC1CCN(Cc2ccco2)C(CO)CN1C. The lowest BCUT2D eigenvalue weighted by Gasteiger charge is -2.29. The normalized spacial score (nSPS) is 28.2. The third-order valence-electron chi connectivity index (χ3n) is 3.75. The van der Waals surface area contributed by atoms with Gasteiger partial charge in [0, 0.05) is 25.2 Å². The third-order valence-corrected chi connectivity index (χ3v) is 3.75. The molecule has 0 saturated carbocycles. The number of rotatable bonds is 3. The Balaban J connectivity index is 2.03. The number of furan rings is 1. The topological polar surface area (TPSA) is 39.9 Å². The molecule has 1 aromatic rings. The molecular weight excluding hydrogens is 216 g/mol. The molecule has 2 rings (SSSR count). The molecule has 0 spiro atoms. The Hall–Kier alpha value is -0.840. The Kier molecular flexibility index (Phi) is 4.20. The van der Waals surface area contributed by atoms with Gasteiger partial charge in [0.05, 0.1) is 19.4 Å². The number of nitrogens with zero attached hydrogens (tertiary/aromatic N) is 2. The molecule has 4 nitrogen and oxygen atoms in total. The molecule has 0 bridgehead atoms. The third kappa shape index (κ3) is 3.09. The van der Waals surface area contributed by atoms with E-state index >= 15 is 0 Å². The molecule has 0 aliphatic carbocycles. The highest BCUT2D eigenvalue weighted by atomic mass is 16.3. The summed E-state index contributed by atoms with van der Waals surface area (Å²) in [5.74, 6) is 0.973. The number of hydrogen-bond acceptors (Lipinski definition) is 4. The quantitative estimate of drug-likeness (QED) is 0.858. The first-order valence-electron chi connectivity index (χ1n) is 6.28. The zero-order valence-electron chi connectivity index (χ0n) is 10.7. The Bertz CT molecular complexity index is 326. The summed E-state index contributed by atoms with van der Waals surface area (Å²) in [6, 6.07) is 4.68. The molecule has 0 amide bonds. The van der Waals surface area contributed by atoms with Crippen LogP contribution < -0.4 is 0 Å². The Labute approximate surface area is 103 Å². The van der Waals surface area contributed by atoms with Crippen LogP contribution in [0.15, 0.2) is 22.8 Å². The first-order chi connectivity index (χ1) is 8.20. The number of likely N-dealkylation sites (N-methyl/N-ethyl adjacent to an activating group) is 1. The summed E-state index contributed by atoms with van der Waals surface area (Å²) in [5.41, 5.74) is 0. The van der Waals surface area contributed by atoms with Crippen molar-refractivity contribution in [1.29, 1.82) is 0 Å². The molecule has 1 N–H and O–H groups in total. The predicted octanol–water partition coefficient (Wildman–Crippen LogP) is 1.17. The van der Waals surface area contributed by atoms with Gasteiger partial charge >= 0.3 is 0 Å². The van der Waals surface area contributed by atoms with Gasteiger partial charge in [-0.25, -0.2) is 0 Å². The Morgan fingerprint density at radius 2 is 2.35 bits per heavy atom. The molecule has 2 unspecified atom stereocenters. The maximum Gasteiger partial charge on any atom is 0.117 e. The second kappa shape index (κ2) is 5.67. The number of aliphatic hydroxyl groups excluding tert-OH is 1. The largest absolute Gasteiger partial charge is 0.468 e. The fourth-order valence-electron chi connectivity index (χ4n) is 2.37. The lowest BCUT2D eigenvalue weighted by molar-refractivity contribution is 0.103. The van der Waals surface area contributed by atoms with Crippen LogP contribution in [-0.4, -0.2) is 53.7 Å². The molecule has 0 radical (unpaired) electrons. The van der Waals surface area contributed by atoms with Crippen molar-refractivity contribution in [3.05, 3.63) is 24.2 Å². The fraction of sp³-hybridized carbons (Fsp3) is 0.692. The minimum atomic E-state index is 0.204. The highest BCUT2D eigenvalue weighted by Crippen LogP contribution is 2.16. The van der Waals surface area contributed by atoms with Crippen LogP contribution in [0.3, 0.4) is 0 Å². The van der Waals surface area contributed by atoms with Gasteiger partial charge in [-0.15, -0.1) is 0 Å². The molecule has 17 heavy (non-hydrogen) atoms. The predicted molar refractivity (Wildman–Crippen MR) is 66.7 cm³/mol. The summed E-state index contributed by atoms with van der Waals surface area (Å²) >= 11 is 0. The number of aliphatic hydroxyl groups is 1. The van der Waals surface area contributed by atoms with Gasteiger partial charge in [0.2, 0.25) is 0 Å². The molecule has 1 aliphatic heterocycles. The van der Waals surface area contributed by atoms with Crippen LogP contribution in [0.4, 0.5) is 0 Å². The van der Waals surface area contributed by atoms with Gasteiger partial charge in [0.15, 0.2) is 0 Å². The highest BCUT2D eigenvalue weighted by Gasteiger charge is 2.26. The van der Waals surface area contributed by atoms with E-state index in [-0.39, 0.29) is 12.6 Å². The number of hydrogen-bond donors (Lipinski definition) is 1. The lowest BCUT2D eigenvalue weighted by Crippen LogP contribution is -2.42. The molecule has 1 fully saturated rings. The Morgan fingerprint density at radius 1 is 1.53 bits per heavy atom. The van der Waals surface area contributed by atoms with Gasteiger partial charge in [0.1, 0.15) is 5.76 Å². The lowest BCUT2D eigenvalue weighted by atomic mass is 10.2. The van der Waals surface area contributed by atoms with Gasteiger partial charge in [-0.2, -0.15) is 0 Å². The van der Waals surface area contributed by atoms with E-state index in [9.17, 15) is 5.11 Å². The van der Waals surface area contributed by atoms with E-state index in [0.29, 0.717) is 6.04 Å². The molecule has 2 heterocycles. The van der Waals surface area contributed by atoms with Crippen molar-refractivity contribution >= 4 is 0 Å². The van der Waals surface area contributed by atoms with E-state index in [1.54, 1.807) is 6.26 Å². The molecule has 2 atom stereocenters. The average Bonchev–Trinajstić information content (AvgIpc) is 2.79. The second-order valence-corrected chi connectivity index (χ2v) is 4.96. The van der Waals surface area contributed by atoms with Crippen LogP contribution in [0.5, 0.6) is 0 Å². The maximum absolute atomic E-state index is 9.52. The highest BCUT2D eigenvalue weighted by molar-refractivity contribution is 4.99. The standard InChI is InChI=1S/C13H22N2O2/c1-11-5-6-15(9-13-4-3-7-17-13)12(10-16)8-14(11)2/h3-4,7,11-12,16H,5-6,8-10H2,1-2H3. The van der Waals surface area contributed by atoms with E-state index in [2.05, 4.69) is 23.8 Å². The molecule has 1 aliphatic rings. The first-order valence-corrected chi connectivity index (χ1v) is 6.28.